The molecule has 4 rings (SSSR count). The number of para-hydroxylation sites is 1. The standard InChI is InChI=1S/C23H28BrNO2/c1-5-6-13-23(24)19(26)17-16-12-14-22(4,21(16,2)3)18(17)25(20(23)27)15-10-8-7-9-11-15/h7-11,16H,5-6,12-14H2,1-4H3. The Kier molecular flexibility index (Phi) is 4.23. The Hall–Kier alpha value is -1.42. The number of halogens is 1. The molecular formula is C23H28BrNO2. The summed E-state index contributed by atoms with van der Waals surface area (Å²) < 4.78 is -1.13. The maximum Gasteiger partial charge on any atom is 0.256 e. The predicted molar refractivity (Wildman–Crippen MR) is 112 cm³/mol. The van der Waals surface area contributed by atoms with Crippen LogP contribution in [0, 0.1) is 16.7 Å². The molecule has 0 aromatic heterocycles. The molecule has 27 heavy (non-hydrogen) atoms. The van der Waals surface area contributed by atoms with E-state index < -0.39 is 4.32 Å². The van der Waals surface area contributed by atoms with Gasteiger partial charge in [0, 0.05) is 22.4 Å². The average molecular weight is 430 g/mol. The number of amides is 1. The minimum absolute atomic E-state index is 0.0182. The van der Waals surface area contributed by atoms with Gasteiger partial charge in [-0.15, -0.1) is 0 Å². The molecule has 3 nitrogen and oxygen atoms in total. The molecule has 0 saturated heterocycles. The van der Waals surface area contributed by atoms with Crippen LogP contribution in [0.4, 0.5) is 5.69 Å². The summed E-state index contributed by atoms with van der Waals surface area (Å²) in [6, 6.07) is 9.84. The Morgan fingerprint density at radius 1 is 1.15 bits per heavy atom. The highest BCUT2D eigenvalue weighted by molar-refractivity contribution is 9.10. The van der Waals surface area contributed by atoms with E-state index in [1.807, 2.05) is 35.2 Å². The fourth-order valence-corrected chi connectivity index (χ4v) is 6.25. The number of carbonyl (C=O) groups is 2. The van der Waals surface area contributed by atoms with Gasteiger partial charge in [-0.25, -0.2) is 0 Å². The van der Waals surface area contributed by atoms with Crippen LogP contribution in [-0.2, 0) is 9.59 Å². The molecule has 2 bridgehead atoms. The lowest BCUT2D eigenvalue weighted by atomic mass is 9.69. The van der Waals surface area contributed by atoms with Crippen molar-refractivity contribution in [3.8, 4) is 0 Å². The summed E-state index contributed by atoms with van der Waals surface area (Å²) >= 11 is 3.65. The number of benzene rings is 1. The van der Waals surface area contributed by atoms with Crippen LogP contribution in [0.3, 0.4) is 0 Å². The number of unbranched alkanes of at least 4 members (excludes halogenated alkanes) is 1. The van der Waals surface area contributed by atoms with Crippen molar-refractivity contribution in [1.82, 2.24) is 0 Å². The monoisotopic (exact) mass is 429 g/mol. The lowest BCUT2D eigenvalue weighted by Crippen LogP contribution is -2.57. The van der Waals surface area contributed by atoms with Gasteiger partial charge in [0.1, 0.15) is 0 Å². The molecule has 3 unspecified atom stereocenters. The number of nitrogens with zero attached hydrogens (tertiary/aromatic N) is 1. The van der Waals surface area contributed by atoms with Crippen LogP contribution in [-0.4, -0.2) is 16.0 Å². The third-order valence-corrected chi connectivity index (χ3v) is 8.71. The van der Waals surface area contributed by atoms with Gasteiger partial charge in [0.25, 0.3) is 5.91 Å². The Bertz CT molecular complexity index is 843. The number of ketones is 1. The van der Waals surface area contributed by atoms with Crippen molar-refractivity contribution < 1.29 is 9.59 Å². The quantitative estimate of drug-likeness (QED) is 0.458. The zero-order valence-corrected chi connectivity index (χ0v) is 18.2. The van der Waals surface area contributed by atoms with Gasteiger partial charge in [-0.2, -0.15) is 0 Å². The fraction of sp³-hybridized carbons (Fsp3) is 0.565. The first-order chi connectivity index (χ1) is 12.7. The molecule has 0 N–H and O–H groups in total. The first kappa shape index (κ1) is 18.9. The second-order valence-corrected chi connectivity index (χ2v) is 10.5. The molecule has 1 amide bonds. The van der Waals surface area contributed by atoms with E-state index in [0.29, 0.717) is 6.42 Å². The molecule has 1 heterocycles. The van der Waals surface area contributed by atoms with E-state index in [9.17, 15) is 9.59 Å². The van der Waals surface area contributed by atoms with E-state index in [1.165, 1.54) is 0 Å². The molecule has 2 aliphatic carbocycles. The summed E-state index contributed by atoms with van der Waals surface area (Å²) in [6.07, 6.45) is 4.40. The number of alkyl halides is 1. The second kappa shape index (κ2) is 6.04. The van der Waals surface area contributed by atoms with Gasteiger partial charge in [-0.05, 0) is 42.7 Å². The van der Waals surface area contributed by atoms with Crippen molar-refractivity contribution in [2.75, 3.05) is 4.90 Å². The number of allylic oxidation sites excluding steroid dienone is 2. The number of hydrogen-bond acceptors (Lipinski definition) is 2. The zero-order chi connectivity index (χ0) is 19.6. The number of anilines is 1. The van der Waals surface area contributed by atoms with Crippen molar-refractivity contribution in [3.63, 3.8) is 0 Å². The molecule has 1 saturated carbocycles. The van der Waals surface area contributed by atoms with Crippen LogP contribution in [0.1, 0.15) is 59.8 Å². The maximum absolute atomic E-state index is 13.8. The van der Waals surface area contributed by atoms with E-state index in [0.717, 1.165) is 42.6 Å². The number of Topliss-reactive ketones (excluding diaryl/α,β-unsaturated/α-hetero) is 1. The van der Waals surface area contributed by atoms with Crippen molar-refractivity contribution >= 4 is 33.3 Å². The zero-order valence-electron chi connectivity index (χ0n) is 16.6. The van der Waals surface area contributed by atoms with Gasteiger partial charge >= 0.3 is 0 Å². The van der Waals surface area contributed by atoms with Crippen LogP contribution >= 0.6 is 15.9 Å². The van der Waals surface area contributed by atoms with Crippen molar-refractivity contribution in [2.45, 2.75) is 64.1 Å². The fourth-order valence-electron chi connectivity index (χ4n) is 5.58. The number of hydrogen-bond donors (Lipinski definition) is 0. The number of carbonyl (C=O) groups excluding carboxylic acids is 2. The minimum atomic E-state index is -1.13. The van der Waals surface area contributed by atoms with Crippen LogP contribution < -0.4 is 4.90 Å². The molecule has 1 aromatic rings. The Labute approximate surface area is 170 Å². The predicted octanol–water partition coefficient (Wildman–Crippen LogP) is 5.64. The Morgan fingerprint density at radius 3 is 2.44 bits per heavy atom. The van der Waals surface area contributed by atoms with Crippen molar-refractivity contribution in [1.29, 1.82) is 0 Å². The van der Waals surface area contributed by atoms with E-state index >= 15 is 0 Å². The number of rotatable bonds is 4. The molecule has 1 aromatic carbocycles. The van der Waals surface area contributed by atoms with Crippen LogP contribution in [0.15, 0.2) is 41.6 Å². The molecular weight excluding hydrogens is 402 g/mol. The van der Waals surface area contributed by atoms with Gasteiger partial charge < -0.3 is 0 Å². The Morgan fingerprint density at radius 2 is 1.81 bits per heavy atom. The van der Waals surface area contributed by atoms with Crippen LogP contribution in [0.25, 0.3) is 0 Å². The van der Waals surface area contributed by atoms with Gasteiger partial charge in [-0.3, -0.25) is 14.5 Å². The van der Waals surface area contributed by atoms with E-state index in [1.54, 1.807) is 0 Å². The summed E-state index contributed by atoms with van der Waals surface area (Å²) in [5.74, 6) is 0.128. The van der Waals surface area contributed by atoms with Gasteiger partial charge in [-0.1, -0.05) is 74.7 Å². The summed E-state index contributed by atoms with van der Waals surface area (Å²) in [5, 5.41) is 0. The smallest absolute Gasteiger partial charge is 0.256 e. The molecule has 0 radical (unpaired) electrons. The first-order valence-electron chi connectivity index (χ1n) is 10.1. The van der Waals surface area contributed by atoms with Crippen molar-refractivity contribution in [2.24, 2.45) is 16.7 Å². The number of fused-ring (bicyclic) bond motifs is 4. The minimum Gasteiger partial charge on any atom is -0.292 e. The highest BCUT2D eigenvalue weighted by atomic mass is 79.9. The lowest BCUT2D eigenvalue weighted by molar-refractivity contribution is -0.129. The largest absolute Gasteiger partial charge is 0.292 e. The molecule has 0 spiro atoms. The van der Waals surface area contributed by atoms with E-state index in [2.05, 4.69) is 43.6 Å². The summed E-state index contributed by atoms with van der Waals surface area (Å²) in [7, 11) is 0. The van der Waals surface area contributed by atoms with Gasteiger partial charge in [0.15, 0.2) is 10.1 Å². The van der Waals surface area contributed by atoms with Crippen LogP contribution in [0.2, 0.25) is 0 Å². The lowest BCUT2D eigenvalue weighted by Gasteiger charge is -2.45. The summed E-state index contributed by atoms with van der Waals surface area (Å²) in [4.78, 5) is 29.3. The van der Waals surface area contributed by atoms with Gasteiger partial charge in [0.05, 0.1) is 0 Å². The van der Waals surface area contributed by atoms with Crippen molar-refractivity contribution in [3.05, 3.63) is 41.6 Å². The van der Waals surface area contributed by atoms with Gasteiger partial charge in [0.2, 0.25) is 0 Å². The maximum atomic E-state index is 13.8. The van der Waals surface area contributed by atoms with Crippen LogP contribution in [0.5, 0.6) is 0 Å². The molecule has 1 fully saturated rings. The molecule has 1 aliphatic heterocycles. The topological polar surface area (TPSA) is 37.4 Å². The first-order valence-corrected chi connectivity index (χ1v) is 10.9. The molecule has 3 aliphatic rings. The summed E-state index contributed by atoms with van der Waals surface area (Å²) in [6.45, 7) is 8.88. The third kappa shape index (κ3) is 2.25. The molecule has 144 valence electrons. The molecule has 3 atom stereocenters. The van der Waals surface area contributed by atoms with E-state index in [4.69, 9.17) is 0 Å². The molecule has 4 heteroatoms. The normalized spacial score (nSPS) is 34.4. The third-order valence-electron chi connectivity index (χ3n) is 7.61. The highest BCUT2D eigenvalue weighted by Gasteiger charge is 2.68. The summed E-state index contributed by atoms with van der Waals surface area (Å²) in [5.41, 5.74) is 2.56. The second-order valence-electron chi connectivity index (χ2n) is 9.12. The SMILES string of the molecule is CCCCC1(Br)C(=O)C2=C(N(c3ccccc3)C1=O)C1(C)CCC2C1(C)C. The average Bonchev–Trinajstić information content (AvgIpc) is 2.98. The Balaban J connectivity index is 1.96. The van der Waals surface area contributed by atoms with E-state index in [-0.39, 0.29) is 28.4 Å². The highest BCUT2D eigenvalue weighted by Crippen LogP contribution is 2.70.